The lowest BCUT2D eigenvalue weighted by Crippen LogP contribution is -2.01. The number of thioether (sulfide) groups is 1. The third-order valence-corrected chi connectivity index (χ3v) is 12.5. The lowest BCUT2D eigenvalue weighted by atomic mass is 9.87. The van der Waals surface area contributed by atoms with Crippen LogP contribution in [0.5, 0.6) is 5.75 Å². The van der Waals surface area contributed by atoms with Gasteiger partial charge >= 0.3 is 0 Å². The van der Waals surface area contributed by atoms with Crippen molar-refractivity contribution in [3.8, 4) is 5.75 Å². The van der Waals surface area contributed by atoms with Gasteiger partial charge in [0.1, 0.15) is 0 Å². The van der Waals surface area contributed by atoms with Crippen LogP contribution in [0.4, 0.5) is 0 Å². The summed E-state index contributed by atoms with van der Waals surface area (Å²) in [5, 5.41) is 13.9. The minimum atomic E-state index is 0.368. The second kappa shape index (κ2) is 35.4. The summed E-state index contributed by atoms with van der Waals surface area (Å²) in [4.78, 5) is 1.36. The largest absolute Gasteiger partial charge is 0.289 e. The maximum absolute atomic E-state index is 13.9. The quantitative estimate of drug-likeness (QED) is 0.0493. The van der Waals surface area contributed by atoms with E-state index >= 15 is 0 Å². The Morgan fingerprint density at radius 3 is 0.960 bits per heavy atom. The van der Waals surface area contributed by atoms with Crippen LogP contribution < -0.4 is 0 Å². The highest BCUT2D eigenvalue weighted by atomic mass is 32.2. The molecule has 2 unspecified atom stereocenters. The average Bonchev–Trinajstić information content (AvgIpc) is 3.12. The Morgan fingerprint density at radius 2 is 0.660 bits per heavy atom. The van der Waals surface area contributed by atoms with Gasteiger partial charge in [-0.05, 0) is 49.0 Å². The van der Waals surface area contributed by atoms with Crippen LogP contribution in [-0.4, -0.2) is 5.75 Å². The number of benzene rings is 1. The summed E-state index contributed by atoms with van der Waals surface area (Å²) in [6.07, 6.45) is 46.7. The first-order valence-electron chi connectivity index (χ1n) is 23.0. The number of hydrogen-bond acceptors (Lipinski definition) is 1. The Morgan fingerprint density at radius 1 is 0.400 bits per heavy atom. The smallest absolute Gasteiger partial charge is 0.185 e. The van der Waals surface area contributed by atoms with Gasteiger partial charge in [-0.2, -0.15) is 0 Å². The Kier molecular flexibility index (Phi) is 33.6. The molecule has 0 spiro atoms. The SMILES string of the molecule is CCCCCCCCCCCCCCCCCCSc1cc(C(C)CCCCCCCCCC)c([O])c(C(C)CCCCCCCCCC)c1. The summed E-state index contributed by atoms with van der Waals surface area (Å²) in [7, 11) is 0. The molecule has 1 nitrogen and oxygen atoms in total. The maximum Gasteiger partial charge on any atom is 0.185 e. The lowest BCUT2D eigenvalue weighted by molar-refractivity contribution is 0.336. The molecule has 2 heteroatoms. The van der Waals surface area contributed by atoms with E-state index in [9.17, 15) is 5.11 Å². The first-order valence-corrected chi connectivity index (χ1v) is 24.0. The molecule has 0 saturated carbocycles. The van der Waals surface area contributed by atoms with Crippen molar-refractivity contribution < 1.29 is 5.11 Å². The minimum Gasteiger partial charge on any atom is -0.289 e. The predicted octanol–water partition coefficient (Wildman–Crippen LogP) is 18.5. The van der Waals surface area contributed by atoms with Gasteiger partial charge in [-0.3, -0.25) is 5.11 Å². The number of rotatable bonds is 38. The molecular weight excluding hydrogens is 625 g/mol. The van der Waals surface area contributed by atoms with Crippen molar-refractivity contribution in [2.75, 3.05) is 5.75 Å². The monoisotopic (exact) mass is 714 g/mol. The molecule has 0 amide bonds. The van der Waals surface area contributed by atoms with Crippen LogP contribution in [0.15, 0.2) is 17.0 Å². The number of unbranched alkanes of at least 4 members (excludes halogenated alkanes) is 29. The van der Waals surface area contributed by atoms with Crippen LogP contribution in [0.3, 0.4) is 0 Å². The third-order valence-electron chi connectivity index (χ3n) is 11.4. The zero-order valence-electron chi connectivity index (χ0n) is 34.9. The third kappa shape index (κ3) is 26.2. The van der Waals surface area contributed by atoms with Crippen molar-refractivity contribution in [3.63, 3.8) is 0 Å². The summed E-state index contributed by atoms with van der Waals surface area (Å²) in [6.45, 7) is 11.6. The van der Waals surface area contributed by atoms with Gasteiger partial charge in [0.05, 0.1) is 0 Å². The van der Waals surface area contributed by atoms with E-state index in [1.165, 1.54) is 216 Å². The van der Waals surface area contributed by atoms with Gasteiger partial charge < -0.3 is 0 Å². The molecule has 0 N–H and O–H groups in total. The molecule has 50 heavy (non-hydrogen) atoms. The summed E-state index contributed by atoms with van der Waals surface area (Å²) in [5.41, 5.74) is 2.23. The first kappa shape index (κ1) is 47.4. The minimum absolute atomic E-state index is 0.368. The molecule has 0 heterocycles. The summed E-state index contributed by atoms with van der Waals surface area (Å²) in [5.74, 6) is 2.30. The van der Waals surface area contributed by atoms with Crippen LogP contribution in [0.1, 0.15) is 276 Å². The molecule has 0 fully saturated rings. The molecule has 0 aliphatic rings. The summed E-state index contributed by atoms with van der Waals surface area (Å²) < 4.78 is 0. The summed E-state index contributed by atoms with van der Waals surface area (Å²) in [6, 6.07) is 4.61. The fourth-order valence-electron chi connectivity index (χ4n) is 7.78. The molecule has 1 rings (SSSR count). The van der Waals surface area contributed by atoms with Gasteiger partial charge in [-0.1, -0.05) is 234 Å². The van der Waals surface area contributed by atoms with Gasteiger partial charge in [-0.15, -0.1) is 11.8 Å². The van der Waals surface area contributed by atoms with E-state index in [2.05, 4.69) is 46.8 Å². The van der Waals surface area contributed by atoms with E-state index in [0.717, 1.165) is 24.0 Å². The molecule has 293 valence electrons. The van der Waals surface area contributed by atoms with E-state index in [1.54, 1.807) is 0 Å². The molecule has 1 radical (unpaired) electrons. The molecule has 0 aliphatic carbocycles. The molecule has 0 saturated heterocycles. The van der Waals surface area contributed by atoms with Crippen molar-refractivity contribution in [1.82, 2.24) is 0 Å². The number of hydrogen-bond donors (Lipinski definition) is 0. The van der Waals surface area contributed by atoms with Crippen molar-refractivity contribution in [2.45, 2.75) is 270 Å². The highest BCUT2D eigenvalue weighted by Gasteiger charge is 2.21. The van der Waals surface area contributed by atoms with E-state index < -0.39 is 0 Å². The van der Waals surface area contributed by atoms with Crippen LogP contribution >= 0.6 is 11.8 Å². The van der Waals surface area contributed by atoms with Crippen molar-refractivity contribution >= 4 is 11.8 Å². The van der Waals surface area contributed by atoms with Crippen molar-refractivity contribution in [1.29, 1.82) is 0 Å². The van der Waals surface area contributed by atoms with Crippen molar-refractivity contribution in [3.05, 3.63) is 23.3 Å². The molecule has 0 aliphatic heterocycles. The highest BCUT2D eigenvalue weighted by molar-refractivity contribution is 7.99. The molecule has 1 aromatic carbocycles. The van der Waals surface area contributed by atoms with Gasteiger partial charge in [0.15, 0.2) is 5.75 Å². The van der Waals surface area contributed by atoms with Gasteiger partial charge in [0.2, 0.25) is 0 Å². The molecular formula is C48H89OS. The molecule has 0 bridgehead atoms. The second-order valence-electron chi connectivity index (χ2n) is 16.4. The van der Waals surface area contributed by atoms with Crippen LogP contribution in [0.25, 0.3) is 0 Å². The molecule has 0 aromatic heterocycles. The normalized spacial score (nSPS) is 12.9. The Hall–Kier alpha value is -0.630. The van der Waals surface area contributed by atoms with Gasteiger partial charge in [0, 0.05) is 16.0 Å². The van der Waals surface area contributed by atoms with Crippen LogP contribution in [0.2, 0.25) is 0 Å². The van der Waals surface area contributed by atoms with E-state index in [4.69, 9.17) is 0 Å². The standard InChI is InChI=1S/C48H89OS/c1-6-9-12-15-18-21-22-23-24-25-26-27-28-31-34-37-40-50-45-41-46(43(4)38-35-32-29-19-16-13-10-7-2)48(49)47(42-45)44(5)39-36-33-30-20-17-14-11-8-3/h41-44H,6-40H2,1-5H3. The Bertz CT molecular complexity index is 802. The van der Waals surface area contributed by atoms with Gasteiger partial charge in [0.25, 0.3) is 0 Å². The average molecular weight is 714 g/mol. The zero-order valence-corrected chi connectivity index (χ0v) is 35.7. The van der Waals surface area contributed by atoms with E-state index in [0.29, 0.717) is 17.6 Å². The summed E-state index contributed by atoms with van der Waals surface area (Å²) >= 11 is 2.02. The fraction of sp³-hybridized carbons (Fsp3) is 0.875. The van der Waals surface area contributed by atoms with Crippen LogP contribution in [0, 0.1) is 0 Å². The Labute approximate surface area is 320 Å². The van der Waals surface area contributed by atoms with Crippen LogP contribution in [-0.2, 0) is 5.11 Å². The lowest BCUT2D eigenvalue weighted by Gasteiger charge is -2.20. The zero-order chi connectivity index (χ0) is 36.3. The van der Waals surface area contributed by atoms with Crippen molar-refractivity contribution in [2.24, 2.45) is 0 Å². The van der Waals surface area contributed by atoms with Gasteiger partial charge in [-0.25, -0.2) is 0 Å². The first-order chi connectivity index (χ1) is 24.5. The molecule has 1 aromatic rings. The second-order valence-corrected chi connectivity index (χ2v) is 17.6. The topological polar surface area (TPSA) is 19.9 Å². The fourth-order valence-corrected chi connectivity index (χ4v) is 8.79. The maximum atomic E-state index is 13.9. The van der Waals surface area contributed by atoms with E-state index in [1.807, 2.05) is 11.8 Å². The van der Waals surface area contributed by atoms with E-state index in [-0.39, 0.29) is 0 Å². The highest BCUT2D eigenvalue weighted by Crippen LogP contribution is 2.41. The molecule has 2 atom stereocenters. The Balaban J connectivity index is 2.47. The predicted molar refractivity (Wildman–Crippen MR) is 228 cm³/mol.